The number of aryl methyl sites for hydroxylation is 1. The number of hydrogen-bond donors (Lipinski definition) is 2. The molecule has 0 aliphatic heterocycles. The maximum Gasteiger partial charge on any atom is 0.335 e. The second-order valence-corrected chi connectivity index (χ2v) is 8.93. The van der Waals surface area contributed by atoms with Crippen molar-refractivity contribution in [3.05, 3.63) is 112 Å². The SMILES string of the molecule is Cc1ccc(C2=CCC(C)(C)c3cc([C@@H](O)C#Cc4ccc(C(=O)O)cc4)ccc32)cc1. The number of rotatable bonds is 3. The Morgan fingerprint density at radius 3 is 2.34 bits per heavy atom. The Balaban J connectivity index is 1.64. The summed E-state index contributed by atoms with van der Waals surface area (Å²) in [7, 11) is 0. The lowest BCUT2D eigenvalue weighted by Gasteiger charge is -2.33. The number of fused-ring (bicyclic) bond motifs is 1. The van der Waals surface area contributed by atoms with E-state index in [0.29, 0.717) is 5.56 Å². The van der Waals surface area contributed by atoms with Gasteiger partial charge in [-0.2, -0.15) is 0 Å². The van der Waals surface area contributed by atoms with Crippen LogP contribution in [-0.4, -0.2) is 16.2 Å². The first-order valence-corrected chi connectivity index (χ1v) is 10.7. The number of aliphatic hydroxyl groups is 1. The maximum absolute atomic E-state index is 11.0. The summed E-state index contributed by atoms with van der Waals surface area (Å²) < 4.78 is 0. The maximum atomic E-state index is 11.0. The van der Waals surface area contributed by atoms with Gasteiger partial charge in [-0.1, -0.05) is 79.8 Å². The Morgan fingerprint density at radius 1 is 1.00 bits per heavy atom. The molecule has 3 aromatic carbocycles. The fourth-order valence-corrected chi connectivity index (χ4v) is 4.04. The van der Waals surface area contributed by atoms with Crippen LogP contribution in [0.3, 0.4) is 0 Å². The van der Waals surface area contributed by atoms with E-state index in [4.69, 9.17) is 5.11 Å². The van der Waals surface area contributed by atoms with Gasteiger partial charge in [0, 0.05) is 5.56 Å². The number of carboxylic acids is 1. The number of benzene rings is 3. The van der Waals surface area contributed by atoms with E-state index in [0.717, 1.165) is 12.0 Å². The zero-order valence-corrected chi connectivity index (χ0v) is 18.5. The molecule has 1 atom stereocenters. The van der Waals surface area contributed by atoms with Gasteiger partial charge in [-0.25, -0.2) is 4.79 Å². The molecular formula is C29H26O3. The Hall–Kier alpha value is -3.61. The minimum atomic E-state index is -0.972. The molecule has 0 saturated carbocycles. The lowest BCUT2D eigenvalue weighted by Crippen LogP contribution is -2.22. The number of allylic oxidation sites excluding steroid dienone is 1. The third-order valence-electron chi connectivity index (χ3n) is 6.04. The molecule has 0 aromatic heterocycles. The number of aromatic carboxylic acids is 1. The Morgan fingerprint density at radius 2 is 1.69 bits per heavy atom. The van der Waals surface area contributed by atoms with Gasteiger partial charge in [0.15, 0.2) is 0 Å². The summed E-state index contributed by atoms with van der Waals surface area (Å²) in [5, 5.41) is 19.7. The molecule has 0 heterocycles. The molecule has 0 amide bonds. The fourth-order valence-electron chi connectivity index (χ4n) is 4.04. The first-order chi connectivity index (χ1) is 15.2. The average molecular weight is 423 g/mol. The van der Waals surface area contributed by atoms with Crippen molar-refractivity contribution < 1.29 is 15.0 Å². The predicted octanol–water partition coefficient (Wildman–Crippen LogP) is 5.89. The molecule has 4 rings (SSSR count). The summed E-state index contributed by atoms with van der Waals surface area (Å²) in [6.45, 7) is 6.53. The van der Waals surface area contributed by atoms with Gasteiger partial charge in [0.2, 0.25) is 0 Å². The highest BCUT2D eigenvalue weighted by Crippen LogP contribution is 2.42. The van der Waals surface area contributed by atoms with Crippen molar-refractivity contribution in [3.63, 3.8) is 0 Å². The van der Waals surface area contributed by atoms with E-state index in [1.54, 1.807) is 12.1 Å². The van der Waals surface area contributed by atoms with Gasteiger partial charge in [0.25, 0.3) is 0 Å². The molecule has 1 aliphatic carbocycles. The van der Waals surface area contributed by atoms with Crippen molar-refractivity contribution >= 4 is 11.5 Å². The van der Waals surface area contributed by atoms with Crippen LogP contribution in [0.15, 0.2) is 72.8 Å². The quantitative estimate of drug-likeness (QED) is 0.517. The summed E-state index contributed by atoms with van der Waals surface area (Å²) in [4.78, 5) is 11.0. The van der Waals surface area contributed by atoms with Crippen molar-refractivity contribution in [2.45, 2.75) is 38.7 Å². The van der Waals surface area contributed by atoms with Gasteiger partial charge in [-0.15, -0.1) is 0 Å². The molecule has 0 saturated heterocycles. The van der Waals surface area contributed by atoms with E-state index in [1.807, 2.05) is 6.07 Å². The van der Waals surface area contributed by atoms with Crippen LogP contribution in [0, 0.1) is 18.8 Å². The van der Waals surface area contributed by atoms with E-state index in [2.05, 4.69) is 75.1 Å². The highest BCUT2D eigenvalue weighted by atomic mass is 16.4. The predicted molar refractivity (Wildman–Crippen MR) is 128 cm³/mol. The number of carbonyl (C=O) groups is 1. The van der Waals surface area contributed by atoms with Gasteiger partial charge >= 0.3 is 5.97 Å². The van der Waals surface area contributed by atoms with Crippen LogP contribution in [0.2, 0.25) is 0 Å². The monoisotopic (exact) mass is 422 g/mol. The Bertz CT molecular complexity index is 1250. The molecule has 160 valence electrons. The molecular weight excluding hydrogens is 396 g/mol. The first-order valence-electron chi connectivity index (χ1n) is 10.7. The largest absolute Gasteiger partial charge is 0.478 e. The van der Waals surface area contributed by atoms with Crippen molar-refractivity contribution in [1.29, 1.82) is 0 Å². The molecule has 3 heteroatoms. The van der Waals surface area contributed by atoms with Crippen LogP contribution < -0.4 is 0 Å². The average Bonchev–Trinajstić information content (AvgIpc) is 2.78. The zero-order valence-electron chi connectivity index (χ0n) is 18.5. The highest BCUT2D eigenvalue weighted by Gasteiger charge is 2.29. The molecule has 1 aliphatic rings. The van der Waals surface area contributed by atoms with Gasteiger partial charge in [0.05, 0.1) is 5.56 Å². The van der Waals surface area contributed by atoms with Gasteiger partial charge in [-0.3, -0.25) is 0 Å². The third kappa shape index (κ3) is 4.37. The molecule has 0 radical (unpaired) electrons. The van der Waals surface area contributed by atoms with E-state index in [9.17, 15) is 9.90 Å². The van der Waals surface area contributed by atoms with Crippen LogP contribution in [0.4, 0.5) is 0 Å². The van der Waals surface area contributed by atoms with Crippen LogP contribution in [0.5, 0.6) is 0 Å². The summed E-state index contributed by atoms with van der Waals surface area (Å²) in [6.07, 6.45) is 2.30. The molecule has 2 N–H and O–H groups in total. The van der Waals surface area contributed by atoms with Crippen molar-refractivity contribution in [2.24, 2.45) is 0 Å². The molecule has 3 aromatic rings. The smallest absolute Gasteiger partial charge is 0.335 e. The minimum Gasteiger partial charge on any atom is -0.478 e. The molecule has 0 unspecified atom stereocenters. The standard InChI is InChI=1S/C29H26O3/c1-19-4-9-21(10-5-19)24-16-17-29(2,3)26-18-23(13-14-25(24)26)27(30)15-8-20-6-11-22(12-7-20)28(31)32/h4-7,9-14,16,18,27,30H,17H2,1-3H3,(H,31,32)/t27-/m0/s1. The van der Waals surface area contributed by atoms with Crippen LogP contribution >= 0.6 is 0 Å². The van der Waals surface area contributed by atoms with Crippen molar-refractivity contribution in [3.8, 4) is 11.8 Å². The summed E-state index contributed by atoms with van der Waals surface area (Å²) in [5.41, 5.74) is 7.66. The highest BCUT2D eigenvalue weighted by molar-refractivity contribution is 5.87. The van der Waals surface area contributed by atoms with E-state index in [-0.39, 0.29) is 11.0 Å². The lowest BCUT2D eigenvalue weighted by molar-refractivity contribution is 0.0697. The molecule has 32 heavy (non-hydrogen) atoms. The normalized spacial score (nSPS) is 15.1. The van der Waals surface area contributed by atoms with Crippen LogP contribution in [0.1, 0.15) is 70.1 Å². The molecule has 0 fully saturated rings. The summed E-state index contributed by atoms with van der Waals surface area (Å²) in [5.74, 6) is 4.86. The minimum absolute atomic E-state index is 0.0423. The molecule has 3 nitrogen and oxygen atoms in total. The first kappa shape index (κ1) is 21.6. The number of carboxylic acid groups (broad SMARTS) is 1. The number of hydrogen-bond acceptors (Lipinski definition) is 2. The Kier molecular flexibility index (Phi) is 5.74. The topological polar surface area (TPSA) is 57.5 Å². The van der Waals surface area contributed by atoms with Crippen LogP contribution in [-0.2, 0) is 5.41 Å². The van der Waals surface area contributed by atoms with Gasteiger partial charge in [-0.05, 0) is 70.9 Å². The van der Waals surface area contributed by atoms with E-state index >= 15 is 0 Å². The zero-order chi connectivity index (χ0) is 22.9. The van der Waals surface area contributed by atoms with Gasteiger partial charge < -0.3 is 10.2 Å². The summed E-state index contributed by atoms with van der Waals surface area (Å²) in [6, 6.07) is 21.0. The fraction of sp³-hybridized carbons (Fsp3) is 0.207. The van der Waals surface area contributed by atoms with Gasteiger partial charge in [0.1, 0.15) is 6.10 Å². The molecule has 0 bridgehead atoms. The van der Waals surface area contributed by atoms with E-state index < -0.39 is 12.1 Å². The van der Waals surface area contributed by atoms with Crippen molar-refractivity contribution in [2.75, 3.05) is 0 Å². The summed E-state index contributed by atoms with van der Waals surface area (Å²) >= 11 is 0. The second-order valence-electron chi connectivity index (χ2n) is 8.93. The lowest BCUT2D eigenvalue weighted by atomic mass is 9.71. The Labute approximate surface area is 189 Å². The van der Waals surface area contributed by atoms with Crippen LogP contribution in [0.25, 0.3) is 5.57 Å². The molecule has 0 spiro atoms. The second kappa shape index (κ2) is 8.49. The van der Waals surface area contributed by atoms with E-state index in [1.165, 1.54) is 40.0 Å². The van der Waals surface area contributed by atoms with Crippen molar-refractivity contribution in [1.82, 2.24) is 0 Å². The third-order valence-corrected chi connectivity index (χ3v) is 6.04. The number of aliphatic hydroxyl groups excluding tert-OH is 1.